The van der Waals surface area contributed by atoms with Crippen LogP contribution in [0.5, 0.6) is 0 Å². The van der Waals surface area contributed by atoms with Crippen molar-refractivity contribution in [2.24, 2.45) is 0 Å². The Morgan fingerprint density at radius 1 is 0.786 bits per heavy atom. The molecule has 0 aliphatic heterocycles. The Hall–Kier alpha value is -3.08. The van der Waals surface area contributed by atoms with E-state index in [1.165, 1.54) is 11.6 Å². The van der Waals surface area contributed by atoms with Gasteiger partial charge in [-0.25, -0.2) is 0 Å². The maximum Gasteiger partial charge on any atom is 0.416 e. The first kappa shape index (κ1) is 19.7. The van der Waals surface area contributed by atoms with Crippen LogP contribution >= 0.6 is 0 Å². The second-order valence-electron chi connectivity index (χ2n) is 6.52. The first-order valence-corrected chi connectivity index (χ1v) is 8.99. The van der Waals surface area contributed by atoms with Crippen LogP contribution in [0.15, 0.2) is 78.9 Å². The second kappa shape index (κ2) is 8.74. The largest absolute Gasteiger partial charge is 0.416 e. The Morgan fingerprint density at radius 2 is 1.46 bits per heavy atom. The molecule has 1 amide bonds. The van der Waals surface area contributed by atoms with Crippen molar-refractivity contribution in [3.05, 3.63) is 107 Å². The van der Waals surface area contributed by atoms with Crippen LogP contribution in [0.2, 0.25) is 0 Å². The Labute approximate surface area is 162 Å². The Kier molecular flexibility index (Phi) is 6.14. The summed E-state index contributed by atoms with van der Waals surface area (Å²) in [6, 6.07) is 22.3. The van der Waals surface area contributed by atoms with E-state index in [9.17, 15) is 18.0 Å². The Bertz CT molecular complexity index is 936. The van der Waals surface area contributed by atoms with Crippen molar-refractivity contribution in [2.45, 2.75) is 25.6 Å². The topological polar surface area (TPSA) is 29.1 Å². The molecule has 0 bridgehead atoms. The van der Waals surface area contributed by atoms with Crippen LogP contribution in [0, 0.1) is 0 Å². The number of rotatable bonds is 6. The van der Waals surface area contributed by atoms with Crippen molar-refractivity contribution < 1.29 is 18.0 Å². The van der Waals surface area contributed by atoms with E-state index in [-0.39, 0.29) is 12.5 Å². The molecule has 0 saturated carbocycles. The molecule has 0 spiro atoms. The standard InChI is InChI=1S/C23H20F3NO/c24-23(25,26)20-11-6-9-18(15-20)16-27-22(28)21-12-5-4-10-19(21)14-13-17-7-2-1-3-8-17/h1-12,15H,13-14,16H2,(H,27,28). The average Bonchev–Trinajstić information content (AvgIpc) is 2.71. The van der Waals surface area contributed by atoms with E-state index < -0.39 is 11.7 Å². The lowest BCUT2D eigenvalue weighted by Gasteiger charge is -2.12. The normalized spacial score (nSPS) is 11.2. The van der Waals surface area contributed by atoms with Gasteiger partial charge >= 0.3 is 6.18 Å². The van der Waals surface area contributed by atoms with E-state index in [0.29, 0.717) is 17.5 Å². The van der Waals surface area contributed by atoms with Crippen LogP contribution in [0.25, 0.3) is 0 Å². The highest BCUT2D eigenvalue weighted by Gasteiger charge is 2.30. The van der Waals surface area contributed by atoms with E-state index in [4.69, 9.17) is 0 Å². The molecule has 5 heteroatoms. The van der Waals surface area contributed by atoms with Gasteiger partial charge in [-0.2, -0.15) is 13.2 Å². The molecule has 0 radical (unpaired) electrons. The van der Waals surface area contributed by atoms with Gasteiger partial charge in [0.15, 0.2) is 0 Å². The third-order valence-electron chi connectivity index (χ3n) is 4.50. The van der Waals surface area contributed by atoms with Crippen molar-refractivity contribution in [3.8, 4) is 0 Å². The smallest absolute Gasteiger partial charge is 0.348 e. The minimum atomic E-state index is -4.40. The summed E-state index contributed by atoms with van der Waals surface area (Å²) < 4.78 is 38.5. The van der Waals surface area contributed by atoms with Gasteiger partial charge in [0.2, 0.25) is 0 Å². The van der Waals surface area contributed by atoms with Gasteiger partial charge in [0, 0.05) is 12.1 Å². The third kappa shape index (κ3) is 5.22. The number of alkyl halides is 3. The van der Waals surface area contributed by atoms with E-state index in [1.54, 1.807) is 18.2 Å². The number of aryl methyl sites for hydroxylation is 2. The van der Waals surface area contributed by atoms with Crippen molar-refractivity contribution in [3.63, 3.8) is 0 Å². The highest BCUT2D eigenvalue weighted by molar-refractivity contribution is 5.95. The molecular weight excluding hydrogens is 363 g/mol. The monoisotopic (exact) mass is 383 g/mol. The van der Waals surface area contributed by atoms with Gasteiger partial charge in [0.25, 0.3) is 5.91 Å². The number of halogens is 3. The number of carbonyl (C=O) groups excluding carboxylic acids is 1. The molecule has 0 aliphatic rings. The van der Waals surface area contributed by atoms with Gasteiger partial charge in [0.05, 0.1) is 5.56 Å². The summed E-state index contributed by atoms with van der Waals surface area (Å²) >= 11 is 0. The lowest BCUT2D eigenvalue weighted by atomic mass is 9.99. The zero-order chi connectivity index (χ0) is 20.0. The Morgan fingerprint density at radius 3 is 2.21 bits per heavy atom. The van der Waals surface area contributed by atoms with E-state index in [0.717, 1.165) is 24.1 Å². The summed E-state index contributed by atoms with van der Waals surface area (Å²) in [6.45, 7) is 0.0375. The molecule has 0 aliphatic carbocycles. The summed E-state index contributed by atoms with van der Waals surface area (Å²) in [5.74, 6) is -0.291. The zero-order valence-electron chi connectivity index (χ0n) is 15.2. The molecule has 0 aromatic heterocycles. The summed E-state index contributed by atoms with van der Waals surface area (Å²) in [7, 11) is 0. The number of hydrogen-bond acceptors (Lipinski definition) is 1. The van der Waals surface area contributed by atoms with Crippen LogP contribution in [0.1, 0.15) is 32.6 Å². The Balaban J connectivity index is 1.66. The number of carbonyl (C=O) groups is 1. The summed E-state index contributed by atoms with van der Waals surface area (Å²) in [4.78, 5) is 12.6. The highest BCUT2D eigenvalue weighted by Crippen LogP contribution is 2.29. The number of benzene rings is 3. The first-order valence-electron chi connectivity index (χ1n) is 8.99. The quantitative estimate of drug-likeness (QED) is 0.605. The van der Waals surface area contributed by atoms with E-state index in [1.807, 2.05) is 42.5 Å². The summed E-state index contributed by atoms with van der Waals surface area (Å²) in [5.41, 5.74) is 2.33. The van der Waals surface area contributed by atoms with Crippen molar-refractivity contribution >= 4 is 5.91 Å². The highest BCUT2D eigenvalue weighted by atomic mass is 19.4. The molecule has 3 aromatic rings. The van der Waals surface area contributed by atoms with Gasteiger partial charge in [-0.3, -0.25) is 4.79 Å². The lowest BCUT2D eigenvalue weighted by molar-refractivity contribution is -0.137. The number of nitrogens with one attached hydrogen (secondary N) is 1. The zero-order valence-corrected chi connectivity index (χ0v) is 15.2. The van der Waals surface area contributed by atoms with Gasteiger partial charge in [-0.15, -0.1) is 0 Å². The summed E-state index contributed by atoms with van der Waals surface area (Å²) in [5, 5.41) is 2.73. The maximum absolute atomic E-state index is 12.8. The minimum absolute atomic E-state index is 0.0375. The van der Waals surface area contributed by atoms with Gasteiger partial charge in [-0.1, -0.05) is 60.7 Å². The van der Waals surface area contributed by atoms with Crippen molar-refractivity contribution in [2.75, 3.05) is 0 Å². The SMILES string of the molecule is O=C(NCc1cccc(C(F)(F)F)c1)c1ccccc1CCc1ccccc1. The van der Waals surface area contributed by atoms with Crippen LogP contribution < -0.4 is 5.32 Å². The summed E-state index contributed by atoms with van der Waals surface area (Å²) in [6.07, 6.45) is -2.89. The molecule has 3 rings (SSSR count). The molecule has 0 unspecified atom stereocenters. The average molecular weight is 383 g/mol. The fourth-order valence-corrected chi connectivity index (χ4v) is 3.02. The van der Waals surface area contributed by atoms with Crippen LogP contribution in [-0.4, -0.2) is 5.91 Å². The fourth-order valence-electron chi connectivity index (χ4n) is 3.02. The molecule has 0 heterocycles. The van der Waals surface area contributed by atoms with Crippen molar-refractivity contribution in [1.29, 1.82) is 0 Å². The van der Waals surface area contributed by atoms with Gasteiger partial charge in [0.1, 0.15) is 0 Å². The van der Waals surface area contributed by atoms with Crippen LogP contribution in [0.4, 0.5) is 13.2 Å². The molecule has 0 atom stereocenters. The van der Waals surface area contributed by atoms with E-state index in [2.05, 4.69) is 5.32 Å². The molecule has 1 N–H and O–H groups in total. The third-order valence-corrected chi connectivity index (χ3v) is 4.50. The predicted octanol–water partition coefficient (Wildman–Crippen LogP) is 5.42. The molecule has 144 valence electrons. The molecule has 0 fully saturated rings. The van der Waals surface area contributed by atoms with Crippen molar-refractivity contribution in [1.82, 2.24) is 5.32 Å². The molecule has 3 aromatic carbocycles. The molecule has 28 heavy (non-hydrogen) atoms. The molecular formula is C23H20F3NO. The van der Waals surface area contributed by atoms with E-state index >= 15 is 0 Å². The lowest BCUT2D eigenvalue weighted by Crippen LogP contribution is -2.24. The van der Waals surface area contributed by atoms with Crippen LogP contribution in [-0.2, 0) is 25.6 Å². The maximum atomic E-state index is 12.8. The number of hydrogen-bond donors (Lipinski definition) is 1. The van der Waals surface area contributed by atoms with Gasteiger partial charge in [-0.05, 0) is 47.7 Å². The second-order valence-corrected chi connectivity index (χ2v) is 6.52. The fraction of sp³-hybridized carbons (Fsp3) is 0.174. The predicted molar refractivity (Wildman–Crippen MR) is 103 cm³/mol. The minimum Gasteiger partial charge on any atom is -0.348 e. The molecule has 0 saturated heterocycles. The first-order chi connectivity index (χ1) is 13.4. The number of amides is 1. The van der Waals surface area contributed by atoms with Crippen LogP contribution in [0.3, 0.4) is 0 Å². The molecule has 2 nitrogen and oxygen atoms in total. The van der Waals surface area contributed by atoms with Gasteiger partial charge < -0.3 is 5.32 Å².